The van der Waals surface area contributed by atoms with E-state index < -0.39 is 0 Å². The molecular weight excluding hydrogens is 256 g/mol. The van der Waals surface area contributed by atoms with Crippen LogP contribution in [0.4, 0.5) is 5.69 Å². The molecule has 2 atom stereocenters. The highest BCUT2D eigenvalue weighted by atomic mass is 16.5. The first kappa shape index (κ1) is 13.7. The first-order valence-electron chi connectivity index (χ1n) is 7.08. The van der Waals surface area contributed by atoms with Crippen LogP contribution in [-0.2, 0) is 16.0 Å². The molecule has 1 saturated heterocycles. The van der Waals surface area contributed by atoms with Crippen LogP contribution >= 0.6 is 0 Å². The second kappa shape index (κ2) is 5.99. The summed E-state index contributed by atoms with van der Waals surface area (Å²) >= 11 is 0. The number of likely N-dealkylation sites (tertiary alicyclic amines) is 1. The van der Waals surface area contributed by atoms with Gasteiger partial charge in [0.2, 0.25) is 0 Å². The van der Waals surface area contributed by atoms with Gasteiger partial charge >= 0.3 is 0 Å². The van der Waals surface area contributed by atoms with Gasteiger partial charge in [-0.3, -0.25) is 4.90 Å². The molecule has 1 aromatic carbocycles. The zero-order valence-electron chi connectivity index (χ0n) is 12.1. The molecule has 2 aliphatic heterocycles. The molecule has 1 N–H and O–H groups in total. The lowest BCUT2D eigenvalue weighted by molar-refractivity contribution is -0.00461. The molecule has 0 spiro atoms. The SMILES string of the molecule is COC1CN(Cc2cccc3c2OCCN3)CC1OC. The van der Waals surface area contributed by atoms with Crippen LogP contribution in [0.15, 0.2) is 18.2 Å². The quantitative estimate of drug-likeness (QED) is 0.900. The van der Waals surface area contributed by atoms with Crippen LogP contribution < -0.4 is 10.1 Å². The second-order valence-corrected chi connectivity index (χ2v) is 5.31. The number of nitrogens with one attached hydrogen (secondary N) is 1. The van der Waals surface area contributed by atoms with Gasteiger partial charge in [-0.2, -0.15) is 0 Å². The van der Waals surface area contributed by atoms with Crippen molar-refractivity contribution >= 4 is 5.69 Å². The maximum absolute atomic E-state index is 5.82. The molecule has 0 radical (unpaired) electrons. The first-order chi connectivity index (χ1) is 9.81. The van der Waals surface area contributed by atoms with Crippen molar-refractivity contribution in [2.75, 3.05) is 45.8 Å². The molecule has 2 unspecified atom stereocenters. The smallest absolute Gasteiger partial charge is 0.146 e. The second-order valence-electron chi connectivity index (χ2n) is 5.31. The molecule has 1 aromatic rings. The molecule has 2 heterocycles. The summed E-state index contributed by atoms with van der Waals surface area (Å²) < 4.78 is 16.8. The Labute approximate surface area is 119 Å². The molecule has 5 heteroatoms. The van der Waals surface area contributed by atoms with E-state index in [4.69, 9.17) is 14.2 Å². The van der Waals surface area contributed by atoms with E-state index >= 15 is 0 Å². The Morgan fingerprint density at radius 3 is 2.70 bits per heavy atom. The van der Waals surface area contributed by atoms with E-state index in [1.54, 1.807) is 14.2 Å². The van der Waals surface area contributed by atoms with Gasteiger partial charge in [-0.1, -0.05) is 12.1 Å². The fraction of sp³-hybridized carbons (Fsp3) is 0.600. The summed E-state index contributed by atoms with van der Waals surface area (Å²) in [6, 6.07) is 6.28. The van der Waals surface area contributed by atoms with E-state index in [0.29, 0.717) is 0 Å². The maximum atomic E-state index is 5.82. The molecule has 1 fully saturated rings. The highest BCUT2D eigenvalue weighted by Crippen LogP contribution is 2.32. The van der Waals surface area contributed by atoms with Crippen molar-refractivity contribution in [1.82, 2.24) is 4.90 Å². The van der Waals surface area contributed by atoms with Crippen molar-refractivity contribution in [1.29, 1.82) is 0 Å². The van der Waals surface area contributed by atoms with Gasteiger partial charge in [-0.15, -0.1) is 0 Å². The van der Waals surface area contributed by atoms with Gasteiger partial charge in [-0.25, -0.2) is 0 Å². The molecule has 110 valence electrons. The summed E-state index contributed by atoms with van der Waals surface area (Å²) in [5.41, 5.74) is 2.32. The summed E-state index contributed by atoms with van der Waals surface area (Å²) in [5, 5.41) is 3.37. The third-order valence-corrected chi connectivity index (χ3v) is 4.05. The fourth-order valence-corrected chi connectivity index (χ4v) is 3.00. The van der Waals surface area contributed by atoms with Gasteiger partial charge in [0, 0.05) is 46.0 Å². The summed E-state index contributed by atoms with van der Waals surface area (Å²) in [6.45, 7) is 4.26. The number of fused-ring (bicyclic) bond motifs is 1. The van der Waals surface area contributed by atoms with Crippen molar-refractivity contribution in [2.45, 2.75) is 18.8 Å². The monoisotopic (exact) mass is 278 g/mol. The van der Waals surface area contributed by atoms with Crippen LogP contribution in [0.5, 0.6) is 5.75 Å². The number of anilines is 1. The number of ether oxygens (including phenoxy) is 3. The largest absolute Gasteiger partial charge is 0.489 e. The van der Waals surface area contributed by atoms with Gasteiger partial charge in [0.05, 0.1) is 17.9 Å². The van der Waals surface area contributed by atoms with E-state index in [9.17, 15) is 0 Å². The third-order valence-electron chi connectivity index (χ3n) is 4.05. The van der Waals surface area contributed by atoms with Gasteiger partial charge in [-0.05, 0) is 6.07 Å². The predicted molar refractivity (Wildman–Crippen MR) is 77.3 cm³/mol. The zero-order chi connectivity index (χ0) is 13.9. The van der Waals surface area contributed by atoms with E-state index in [1.165, 1.54) is 5.56 Å². The minimum Gasteiger partial charge on any atom is -0.489 e. The molecule has 5 nitrogen and oxygen atoms in total. The zero-order valence-corrected chi connectivity index (χ0v) is 12.1. The number of methoxy groups -OCH3 is 2. The van der Waals surface area contributed by atoms with E-state index in [-0.39, 0.29) is 12.2 Å². The highest BCUT2D eigenvalue weighted by Gasteiger charge is 2.33. The standard InChI is InChI=1S/C15H22N2O3/c1-18-13-9-17(10-14(13)19-2)8-11-4-3-5-12-15(11)20-7-6-16-12/h3-5,13-14,16H,6-10H2,1-2H3. The average Bonchev–Trinajstić information content (AvgIpc) is 2.90. The summed E-state index contributed by atoms with van der Waals surface area (Å²) in [7, 11) is 3.50. The lowest BCUT2D eigenvalue weighted by Crippen LogP contribution is -2.27. The molecule has 0 amide bonds. The Morgan fingerprint density at radius 1 is 1.25 bits per heavy atom. The van der Waals surface area contributed by atoms with Gasteiger partial charge in [0.15, 0.2) is 0 Å². The summed E-state index contributed by atoms with van der Waals surface area (Å²) in [6.07, 6.45) is 0.303. The fourth-order valence-electron chi connectivity index (χ4n) is 3.00. The molecule has 0 saturated carbocycles. The van der Waals surface area contributed by atoms with Crippen LogP contribution in [0.25, 0.3) is 0 Å². The maximum Gasteiger partial charge on any atom is 0.146 e. The summed E-state index contributed by atoms with van der Waals surface area (Å²) in [4.78, 5) is 2.36. The van der Waals surface area contributed by atoms with Crippen molar-refractivity contribution < 1.29 is 14.2 Å². The van der Waals surface area contributed by atoms with Crippen molar-refractivity contribution in [3.63, 3.8) is 0 Å². The molecule has 0 bridgehead atoms. The van der Waals surface area contributed by atoms with Gasteiger partial charge in [0.1, 0.15) is 12.4 Å². The van der Waals surface area contributed by atoms with E-state index in [2.05, 4.69) is 28.4 Å². The molecule has 20 heavy (non-hydrogen) atoms. The summed E-state index contributed by atoms with van der Waals surface area (Å²) in [5.74, 6) is 0.994. The Bertz CT molecular complexity index is 454. The first-order valence-corrected chi connectivity index (χ1v) is 7.08. The Kier molecular flexibility index (Phi) is 4.10. The van der Waals surface area contributed by atoms with Gasteiger partial charge < -0.3 is 19.5 Å². The van der Waals surface area contributed by atoms with Crippen LogP contribution in [-0.4, -0.2) is 57.6 Å². The van der Waals surface area contributed by atoms with Crippen LogP contribution in [0.3, 0.4) is 0 Å². The number of para-hydroxylation sites is 1. The average molecular weight is 278 g/mol. The third kappa shape index (κ3) is 2.61. The Balaban J connectivity index is 1.72. The Morgan fingerprint density at radius 2 is 2.00 bits per heavy atom. The topological polar surface area (TPSA) is 43.0 Å². The number of rotatable bonds is 4. The Hall–Kier alpha value is -1.30. The van der Waals surface area contributed by atoms with E-state index in [0.717, 1.165) is 44.2 Å². The molecule has 3 rings (SSSR count). The van der Waals surface area contributed by atoms with Crippen LogP contribution in [0.2, 0.25) is 0 Å². The molecular formula is C15H22N2O3. The lowest BCUT2D eigenvalue weighted by Gasteiger charge is -2.24. The molecule has 0 aliphatic carbocycles. The molecule has 0 aromatic heterocycles. The highest BCUT2D eigenvalue weighted by molar-refractivity contribution is 5.61. The number of nitrogens with zero attached hydrogens (tertiary/aromatic N) is 1. The normalized spacial score (nSPS) is 25.9. The molecule has 2 aliphatic rings. The van der Waals surface area contributed by atoms with E-state index in [1.807, 2.05) is 0 Å². The van der Waals surface area contributed by atoms with Crippen LogP contribution in [0.1, 0.15) is 5.56 Å². The van der Waals surface area contributed by atoms with Gasteiger partial charge in [0.25, 0.3) is 0 Å². The number of hydrogen-bond donors (Lipinski definition) is 1. The van der Waals surface area contributed by atoms with Crippen molar-refractivity contribution in [3.05, 3.63) is 23.8 Å². The minimum atomic E-state index is 0.151. The number of benzene rings is 1. The minimum absolute atomic E-state index is 0.151. The number of hydrogen-bond acceptors (Lipinski definition) is 5. The van der Waals surface area contributed by atoms with Crippen molar-refractivity contribution in [2.24, 2.45) is 0 Å². The lowest BCUT2D eigenvalue weighted by atomic mass is 10.1. The van der Waals surface area contributed by atoms with Crippen molar-refractivity contribution in [3.8, 4) is 5.75 Å². The predicted octanol–water partition coefficient (Wildman–Crippen LogP) is 1.34. The van der Waals surface area contributed by atoms with Crippen LogP contribution in [0, 0.1) is 0 Å².